The molecular formula is C10H20ClNO3S. The number of alkyl halides is 1. The van der Waals surface area contributed by atoms with E-state index in [4.69, 9.17) is 16.3 Å². The molecule has 0 saturated carbocycles. The van der Waals surface area contributed by atoms with Gasteiger partial charge in [0.1, 0.15) is 0 Å². The van der Waals surface area contributed by atoms with E-state index in [1.807, 2.05) is 13.8 Å². The summed E-state index contributed by atoms with van der Waals surface area (Å²) < 4.78 is 31.5. The monoisotopic (exact) mass is 269 g/mol. The van der Waals surface area contributed by atoms with Crippen LogP contribution in [0.2, 0.25) is 0 Å². The Morgan fingerprint density at radius 3 is 2.75 bits per heavy atom. The molecule has 0 aromatic rings. The summed E-state index contributed by atoms with van der Waals surface area (Å²) in [5.41, 5.74) is -0.336. The van der Waals surface area contributed by atoms with Gasteiger partial charge in [-0.1, -0.05) is 6.92 Å². The summed E-state index contributed by atoms with van der Waals surface area (Å²) >= 11 is 5.60. The Morgan fingerprint density at radius 1 is 1.56 bits per heavy atom. The van der Waals surface area contributed by atoms with Crippen LogP contribution in [0.4, 0.5) is 0 Å². The van der Waals surface area contributed by atoms with Crippen molar-refractivity contribution < 1.29 is 13.2 Å². The Hall–Kier alpha value is 0.160. The second-order valence-electron chi connectivity index (χ2n) is 4.76. The van der Waals surface area contributed by atoms with E-state index in [9.17, 15) is 8.42 Å². The maximum absolute atomic E-state index is 11.7. The minimum absolute atomic E-state index is 0.0310. The van der Waals surface area contributed by atoms with Crippen LogP contribution in [0.3, 0.4) is 0 Å². The molecule has 1 heterocycles. The molecule has 1 N–H and O–H groups in total. The maximum atomic E-state index is 11.7. The minimum Gasteiger partial charge on any atom is -0.374 e. The van der Waals surface area contributed by atoms with Crippen molar-refractivity contribution in [2.24, 2.45) is 5.92 Å². The van der Waals surface area contributed by atoms with Gasteiger partial charge in [0.2, 0.25) is 10.0 Å². The van der Waals surface area contributed by atoms with Gasteiger partial charge in [-0.3, -0.25) is 0 Å². The van der Waals surface area contributed by atoms with Crippen LogP contribution < -0.4 is 4.72 Å². The first-order chi connectivity index (χ1) is 7.37. The second kappa shape index (κ2) is 5.67. The molecule has 0 aliphatic carbocycles. The first-order valence-electron chi connectivity index (χ1n) is 5.54. The molecule has 16 heavy (non-hydrogen) atoms. The Balaban J connectivity index is 2.41. The third-order valence-electron chi connectivity index (χ3n) is 2.73. The molecule has 4 nitrogen and oxygen atoms in total. The summed E-state index contributed by atoms with van der Waals surface area (Å²) in [4.78, 5) is 0. The number of hydrogen-bond donors (Lipinski definition) is 1. The van der Waals surface area contributed by atoms with Gasteiger partial charge in [-0.25, -0.2) is 13.1 Å². The average molecular weight is 270 g/mol. The van der Waals surface area contributed by atoms with Gasteiger partial charge in [-0.05, 0) is 25.7 Å². The highest BCUT2D eigenvalue weighted by atomic mass is 35.5. The molecule has 0 bridgehead atoms. The molecule has 1 fully saturated rings. The molecule has 2 unspecified atom stereocenters. The van der Waals surface area contributed by atoms with Crippen molar-refractivity contribution in [3.63, 3.8) is 0 Å². The number of halogens is 1. The van der Waals surface area contributed by atoms with Gasteiger partial charge in [0.05, 0.1) is 11.4 Å². The zero-order valence-electron chi connectivity index (χ0n) is 9.83. The summed E-state index contributed by atoms with van der Waals surface area (Å²) in [6.45, 7) is 4.83. The lowest BCUT2D eigenvalue weighted by atomic mass is 10.0. The number of rotatable bonds is 6. The molecule has 1 aliphatic heterocycles. The lowest BCUT2D eigenvalue weighted by Gasteiger charge is -2.23. The van der Waals surface area contributed by atoms with Crippen LogP contribution in [-0.4, -0.2) is 38.8 Å². The highest BCUT2D eigenvalue weighted by Crippen LogP contribution is 2.24. The third kappa shape index (κ3) is 4.57. The summed E-state index contributed by atoms with van der Waals surface area (Å²) in [5.74, 6) is 0.401. The molecule has 96 valence electrons. The molecule has 1 saturated heterocycles. The van der Waals surface area contributed by atoms with Crippen molar-refractivity contribution in [2.75, 3.05) is 24.8 Å². The van der Waals surface area contributed by atoms with Crippen molar-refractivity contribution >= 4 is 21.6 Å². The minimum atomic E-state index is -3.23. The highest BCUT2D eigenvalue weighted by molar-refractivity contribution is 7.89. The lowest BCUT2D eigenvalue weighted by molar-refractivity contribution is 0.0250. The summed E-state index contributed by atoms with van der Waals surface area (Å²) in [6, 6.07) is 0. The number of nitrogens with one attached hydrogen (secondary N) is 1. The van der Waals surface area contributed by atoms with E-state index >= 15 is 0 Å². The van der Waals surface area contributed by atoms with Gasteiger partial charge >= 0.3 is 0 Å². The molecule has 0 spiro atoms. The van der Waals surface area contributed by atoms with E-state index in [0.717, 1.165) is 19.4 Å². The van der Waals surface area contributed by atoms with Crippen LogP contribution in [-0.2, 0) is 14.8 Å². The Morgan fingerprint density at radius 2 is 2.25 bits per heavy atom. The van der Waals surface area contributed by atoms with Crippen molar-refractivity contribution in [1.82, 2.24) is 4.72 Å². The van der Waals surface area contributed by atoms with Crippen LogP contribution in [0.5, 0.6) is 0 Å². The number of ether oxygens (including phenoxy) is 1. The molecular weight excluding hydrogens is 250 g/mol. The first-order valence-corrected chi connectivity index (χ1v) is 7.73. The molecule has 6 heteroatoms. The van der Waals surface area contributed by atoms with E-state index in [1.54, 1.807) is 0 Å². The Labute approximate surface area is 103 Å². The average Bonchev–Trinajstić information content (AvgIpc) is 2.63. The summed E-state index contributed by atoms with van der Waals surface area (Å²) in [6.07, 6.45) is 1.90. The number of hydrogen-bond acceptors (Lipinski definition) is 3. The standard InChI is InChI=1S/C10H20ClNO3S/c1-9(6-11)7-16(13,14)12-8-10(2)4-3-5-15-10/h9,12H,3-8H2,1-2H3. The highest BCUT2D eigenvalue weighted by Gasteiger charge is 2.31. The van der Waals surface area contributed by atoms with Crippen LogP contribution in [0.15, 0.2) is 0 Å². The largest absolute Gasteiger partial charge is 0.374 e. The fraction of sp³-hybridized carbons (Fsp3) is 1.00. The van der Waals surface area contributed by atoms with Gasteiger partial charge in [0.15, 0.2) is 0 Å². The Bertz CT molecular complexity index is 312. The van der Waals surface area contributed by atoms with Crippen molar-refractivity contribution in [3.8, 4) is 0 Å². The van der Waals surface area contributed by atoms with E-state index in [2.05, 4.69) is 4.72 Å². The predicted octanol–water partition coefficient (Wildman–Crippen LogP) is 1.35. The van der Waals surface area contributed by atoms with Crippen LogP contribution in [0.25, 0.3) is 0 Å². The summed E-state index contributed by atoms with van der Waals surface area (Å²) in [5, 5.41) is 0. The third-order valence-corrected chi connectivity index (χ3v) is 4.85. The molecule has 2 atom stereocenters. The van der Waals surface area contributed by atoms with Crippen LogP contribution in [0.1, 0.15) is 26.7 Å². The molecule has 0 aromatic heterocycles. The lowest BCUT2D eigenvalue weighted by Crippen LogP contribution is -2.41. The topological polar surface area (TPSA) is 55.4 Å². The van der Waals surface area contributed by atoms with Crippen LogP contribution >= 0.6 is 11.6 Å². The van der Waals surface area contributed by atoms with E-state index in [0.29, 0.717) is 12.4 Å². The number of sulfonamides is 1. The fourth-order valence-electron chi connectivity index (χ4n) is 1.72. The normalized spacial score (nSPS) is 28.2. The zero-order valence-corrected chi connectivity index (χ0v) is 11.4. The van der Waals surface area contributed by atoms with E-state index in [-0.39, 0.29) is 17.3 Å². The first kappa shape index (κ1) is 14.2. The molecule has 1 rings (SSSR count). The van der Waals surface area contributed by atoms with Crippen molar-refractivity contribution in [1.29, 1.82) is 0 Å². The van der Waals surface area contributed by atoms with Crippen molar-refractivity contribution in [2.45, 2.75) is 32.3 Å². The van der Waals surface area contributed by atoms with Gasteiger partial charge in [-0.15, -0.1) is 11.6 Å². The quantitative estimate of drug-likeness (QED) is 0.741. The van der Waals surface area contributed by atoms with Gasteiger partial charge in [-0.2, -0.15) is 0 Å². The smallest absolute Gasteiger partial charge is 0.211 e. The summed E-state index contributed by atoms with van der Waals surface area (Å²) in [7, 11) is -3.23. The maximum Gasteiger partial charge on any atom is 0.211 e. The molecule has 0 amide bonds. The molecule has 0 aromatic carbocycles. The molecule has 0 radical (unpaired) electrons. The van der Waals surface area contributed by atoms with Gasteiger partial charge in [0.25, 0.3) is 0 Å². The van der Waals surface area contributed by atoms with Crippen LogP contribution in [0, 0.1) is 5.92 Å². The van der Waals surface area contributed by atoms with Gasteiger partial charge < -0.3 is 4.74 Å². The van der Waals surface area contributed by atoms with E-state index < -0.39 is 10.0 Å². The zero-order chi connectivity index (χ0) is 12.2. The van der Waals surface area contributed by atoms with Crippen molar-refractivity contribution in [3.05, 3.63) is 0 Å². The predicted molar refractivity (Wildman–Crippen MR) is 65.3 cm³/mol. The van der Waals surface area contributed by atoms with E-state index in [1.165, 1.54) is 0 Å². The van der Waals surface area contributed by atoms with Gasteiger partial charge in [0, 0.05) is 19.0 Å². The Kier molecular flexibility index (Phi) is 5.04. The fourth-order valence-corrected chi connectivity index (χ4v) is 3.47. The SMILES string of the molecule is CC(CCl)CS(=O)(=O)NCC1(C)CCCO1. The molecule has 1 aliphatic rings. The second-order valence-corrected chi connectivity index (χ2v) is 6.92.